The molecule has 6 nitrogen and oxygen atoms in total. The number of phenolic OH excluding ortho intramolecular Hbond substituents is 1. The zero-order chi connectivity index (χ0) is 15.3. The first-order valence-electron chi connectivity index (χ1n) is 7.05. The third kappa shape index (κ3) is 4.44. The number of nitrogens with zero attached hydrogens (tertiary/aromatic N) is 1. The Bertz CT molecular complexity index is 577. The number of sulfonamides is 1. The van der Waals surface area contributed by atoms with Gasteiger partial charge in [-0.3, -0.25) is 4.79 Å². The van der Waals surface area contributed by atoms with Gasteiger partial charge in [0.2, 0.25) is 15.9 Å². The SMILES string of the molecule is O=C(CCNS(=O)(=O)c1ccc(O)cc1)N1CCCCC1. The average molecular weight is 312 g/mol. The minimum Gasteiger partial charge on any atom is -0.508 e. The van der Waals surface area contributed by atoms with Gasteiger partial charge in [-0.25, -0.2) is 13.1 Å². The van der Waals surface area contributed by atoms with Crippen LogP contribution in [0.4, 0.5) is 0 Å². The zero-order valence-electron chi connectivity index (χ0n) is 11.8. The van der Waals surface area contributed by atoms with E-state index in [2.05, 4.69) is 4.72 Å². The molecule has 1 aromatic rings. The van der Waals surface area contributed by atoms with Gasteiger partial charge in [0.05, 0.1) is 4.90 Å². The molecular weight excluding hydrogens is 292 g/mol. The second-order valence-corrected chi connectivity index (χ2v) is 6.85. The van der Waals surface area contributed by atoms with E-state index in [1.807, 2.05) is 0 Å². The van der Waals surface area contributed by atoms with Crippen molar-refractivity contribution in [3.05, 3.63) is 24.3 Å². The van der Waals surface area contributed by atoms with Crippen LogP contribution in [0, 0.1) is 0 Å². The third-order valence-electron chi connectivity index (χ3n) is 3.49. The molecule has 0 spiro atoms. The Morgan fingerprint density at radius 3 is 2.38 bits per heavy atom. The van der Waals surface area contributed by atoms with Crippen LogP contribution in [0.2, 0.25) is 0 Å². The van der Waals surface area contributed by atoms with Gasteiger partial charge in [-0.2, -0.15) is 0 Å². The number of benzene rings is 1. The summed E-state index contributed by atoms with van der Waals surface area (Å²) in [6.07, 6.45) is 3.35. The van der Waals surface area contributed by atoms with Gasteiger partial charge in [0, 0.05) is 26.1 Å². The fourth-order valence-electron chi connectivity index (χ4n) is 2.30. The molecule has 2 rings (SSSR count). The second kappa shape index (κ2) is 6.91. The van der Waals surface area contributed by atoms with E-state index < -0.39 is 10.0 Å². The highest BCUT2D eigenvalue weighted by molar-refractivity contribution is 7.89. The highest BCUT2D eigenvalue weighted by atomic mass is 32.2. The van der Waals surface area contributed by atoms with Gasteiger partial charge < -0.3 is 10.0 Å². The molecule has 1 saturated heterocycles. The lowest BCUT2D eigenvalue weighted by Crippen LogP contribution is -2.37. The Hall–Kier alpha value is -1.60. The van der Waals surface area contributed by atoms with Crippen molar-refractivity contribution in [1.29, 1.82) is 0 Å². The minimum absolute atomic E-state index is 0.00854. The molecular formula is C14H20N2O4S. The van der Waals surface area contributed by atoms with E-state index in [1.165, 1.54) is 24.3 Å². The maximum Gasteiger partial charge on any atom is 0.240 e. The van der Waals surface area contributed by atoms with Crippen LogP contribution in [0.1, 0.15) is 25.7 Å². The summed E-state index contributed by atoms with van der Waals surface area (Å²) in [5.41, 5.74) is 0. The van der Waals surface area contributed by atoms with Gasteiger partial charge in [-0.1, -0.05) is 0 Å². The number of hydrogen-bond acceptors (Lipinski definition) is 4. The van der Waals surface area contributed by atoms with Gasteiger partial charge in [-0.05, 0) is 43.5 Å². The second-order valence-electron chi connectivity index (χ2n) is 5.08. The standard InChI is InChI=1S/C14H20N2O4S/c17-12-4-6-13(7-5-12)21(19,20)15-9-8-14(18)16-10-2-1-3-11-16/h4-7,15,17H,1-3,8-11H2. The normalized spacial score (nSPS) is 15.9. The lowest BCUT2D eigenvalue weighted by atomic mass is 10.1. The zero-order valence-corrected chi connectivity index (χ0v) is 12.6. The number of amides is 1. The average Bonchev–Trinajstić information content (AvgIpc) is 2.48. The quantitative estimate of drug-likeness (QED) is 0.851. The fourth-order valence-corrected chi connectivity index (χ4v) is 3.33. The van der Waals surface area contributed by atoms with Crippen molar-refractivity contribution < 1.29 is 18.3 Å². The highest BCUT2D eigenvalue weighted by Gasteiger charge is 2.18. The van der Waals surface area contributed by atoms with E-state index in [-0.39, 0.29) is 29.5 Å². The molecule has 2 N–H and O–H groups in total. The van der Waals surface area contributed by atoms with Crippen LogP contribution in [-0.2, 0) is 14.8 Å². The van der Waals surface area contributed by atoms with E-state index in [4.69, 9.17) is 5.11 Å². The molecule has 0 aliphatic carbocycles. The summed E-state index contributed by atoms with van der Waals surface area (Å²) in [7, 11) is -3.64. The maximum atomic E-state index is 12.0. The summed E-state index contributed by atoms with van der Waals surface area (Å²) >= 11 is 0. The van der Waals surface area contributed by atoms with E-state index in [9.17, 15) is 13.2 Å². The molecule has 1 fully saturated rings. The third-order valence-corrected chi connectivity index (χ3v) is 4.96. The largest absolute Gasteiger partial charge is 0.508 e. The lowest BCUT2D eigenvalue weighted by molar-refractivity contribution is -0.131. The number of hydrogen-bond donors (Lipinski definition) is 2. The first-order valence-corrected chi connectivity index (χ1v) is 8.54. The molecule has 116 valence electrons. The fraction of sp³-hybridized carbons (Fsp3) is 0.500. The Morgan fingerprint density at radius 1 is 1.14 bits per heavy atom. The molecule has 1 heterocycles. The topological polar surface area (TPSA) is 86.7 Å². The van der Waals surface area contributed by atoms with Crippen molar-refractivity contribution in [3.63, 3.8) is 0 Å². The van der Waals surface area contributed by atoms with Crippen LogP contribution in [0.15, 0.2) is 29.2 Å². The molecule has 0 bridgehead atoms. The van der Waals surface area contributed by atoms with Crippen LogP contribution in [0.3, 0.4) is 0 Å². The summed E-state index contributed by atoms with van der Waals surface area (Å²) in [6.45, 7) is 1.62. The maximum absolute atomic E-state index is 12.0. The predicted octanol–water partition coefficient (Wildman–Crippen LogP) is 1.07. The summed E-state index contributed by atoms with van der Waals surface area (Å²) in [4.78, 5) is 13.8. The van der Waals surface area contributed by atoms with E-state index in [1.54, 1.807) is 4.90 Å². The van der Waals surface area contributed by atoms with Crippen molar-refractivity contribution in [1.82, 2.24) is 9.62 Å². The number of rotatable bonds is 5. The number of carbonyl (C=O) groups is 1. The Morgan fingerprint density at radius 2 is 1.76 bits per heavy atom. The number of nitrogens with one attached hydrogen (secondary N) is 1. The predicted molar refractivity (Wildman–Crippen MR) is 78.3 cm³/mol. The number of likely N-dealkylation sites (tertiary alicyclic amines) is 1. The smallest absolute Gasteiger partial charge is 0.240 e. The van der Waals surface area contributed by atoms with Crippen LogP contribution >= 0.6 is 0 Å². The molecule has 7 heteroatoms. The molecule has 0 aromatic heterocycles. The van der Waals surface area contributed by atoms with Gasteiger partial charge >= 0.3 is 0 Å². The summed E-state index contributed by atoms with van der Waals surface area (Å²) < 4.78 is 26.4. The first kappa shape index (κ1) is 15.8. The van der Waals surface area contributed by atoms with Crippen LogP contribution in [0.25, 0.3) is 0 Å². The molecule has 1 aliphatic rings. The van der Waals surface area contributed by atoms with E-state index in [0.717, 1.165) is 32.4 Å². The van der Waals surface area contributed by atoms with E-state index >= 15 is 0 Å². The monoisotopic (exact) mass is 312 g/mol. The lowest BCUT2D eigenvalue weighted by Gasteiger charge is -2.26. The number of carbonyl (C=O) groups excluding carboxylic acids is 1. The van der Waals surface area contributed by atoms with Crippen LogP contribution in [-0.4, -0.2) is 44.0 Å². The molecule has 1 amide bonds. The Labute approximate surface area is 124 Å². The molecule has 0 radical (unpaired) electrons. The van der Waals surface area contributed by atoms with Crippen LogP contribution in [0.5, 0.6) is 5.75 Å². The first-order chi connectivity index (χ1) is 9.99. The molecule has 21 heavy (non-hydrogen) atoms. The molecule has 0 atom stereocenters. The van der Waals surface area contributed by atoms with Gasteiger partial charge in [-0.15, -0.1) is 0 Å². The Balaban J connectivity index is 1.84. The van der Waals surface area contributed by atoms with Gasteiger partial charge in [0.15, 0.2) is 0 Å². The van der Waals surface area contributed by atoms with Crippen LogP contribution < -0.4 is 4.72 Å². The molecule has 0 unspecified atom stereocenters. The Kier molecular flexibility index (Phi) is 5.19. The summed E-state index contributed by atoms with van der Waals surface area (Å²) in [5, 5.41) is 9.15. The molecule has 1 aromatic carbocycles. The number of phenols is 1. The minimum atomic E-state index is -3.64. The molecule has 1 aliphatic heterocycles. The van der Waals surface area contributed by atoms with Crippen molar-refractivity contribution >= 4 is 15.9 Å². The van der Waals surface area contributed by atoms with Crippen molar-refractivity contribution in [2.75, 3.05) is 19.6 Å². The van der Waals surface area contributed by atoms with E-state index in [0.29, 0.717) is 0 Å². The summed E-state index contributed by atoms with van der Waals surface area (Å²) in [5.74, 6) is -0.00247. The highest BCUT2D eigenvalue weighted by Crippen LogP contribution is 2.14. The van der Waals surface area contributed by atoms with Crippen molar-refractivity contribution in [2.24, 2.45) is 0 Å². The number of aromatic hydroxyl groups is 1. The van der Waals surface area contributed by atoms with Crippen molar-refractivity contribution in [3.8, 4) is 5.75 Å². The molecule has 0 saturated carbocycles. The van der Waals surface area contributed by atoms with Gasteiger partial charge in [0.1, 0.15) is 5.75 Å². The van der Waals surface area contributed by atoms with Crippen molar-refractivity contribution in [2.45, 2.75) is 30.6 Å². The van der Waals surface area contributed by atoms with Gasteiger partial charge in [0.25, 0.3) is 0 Å². The summed E-state index contributed by atoms with van der Waals surface area (Å²) in [6, 6.07) is 5.27. The number of piperidine rings is 1.